The Morgan fingerprint density at radius 3 is 2.71 bits per heavy atom. The van der Waals surface area contributed by atoms with Crippen molar-refractivity contribution < 1.29 is 14.1 Å². The number of anilines is 1. The first-order valence-electron chi connectivity index (χ1n) is 6.27. The van der Waals surface area contributed by atoms with E-state index in [2.05, 4.69) is 5.32 Å². The number of hydrogen-bond acceptors (Lipinski definition) is 4. The highest BCUT2D eigenvalue weighted by Gasteiger charge is 2.16. The molecule has 21 heavy (non-hydrogen) atoms. The summed E-state index contributed by atoms with van der Waals surface area (Å²) >= 11 is 1.31. The molecule has 1 aromatic carbocycles. The van der Waals surface area contributed by atoms with Gasteiger partial charge in [0.2, 0.25) is 0 Å². The summed E-state index contributed by atoms with van der Waals surface area (Å²) < 4.78 is 13.6. The molecule has 7 heteroatoms. The van der Waals surface area contributed by atoms with Crippen LogP contribution in [0.25, 0.3) is 0 Å². The Balaban J connectivity index is 2.26. The predicted octanol–water partition coefficient (Wildman–Crippen LogP) is 3.92. The lowest BCUT2D eigenvalue weighted by molar-refractivity contribution is -0.384. The van der Waals surface area contributed by atoms with Crippen molar-refractivity contribution >= 4 is 28.6 Å². The molecule has 1 amide bonds. The van der Waals surface area contributed by atoms with Gasteiger partial charge in [0.25, 0.3) is 11.6 Å². The van der Waals surface area contributed by atoms with Gasteiger partial charge in [-0.05, 0) is 31.0 Å². The molecule has 0 atom stereocenters. The summed E-state index contributed by atoms with van der Waals surface area (Å²) in [6.45, 7) is 3.89. The summed E-state index contributed by atoms with van der Waals surface area (Å²) in [4.78, 5) is 23.6. The van der Waals surface area contributed by atoms with E-state index in [0.29, 0.717) is 4.88 Å². The Kier molecular flexibility index (Phi) is 4.32. The fraction of sp³-hybridized carbons (Fsp3) is 0.214. The number of amides is 1. The molecule has 0 aliphatic heterocycles. The molecule has 2 rings (SSSR count). The molecular weight excluding hydrogens is 295 g/mol. The number of nitro groups is 1. The molecule has 0 saturated carbocycles. The van der Waals surface area contributed by atoms with Crippen molar-refractivity contribution in [3.8, 4) is 0 Å². The molecule has 5 nitrogen and oxygen atoms in total. The molecule has 0 aliphatic carbocycles. The van der Waals surface area contributed by atoms with E-state index in [1.54, 1.807) is 6.07 Å². The van der Waals surface area contributed by atoms with Gasteiger partial charge in [0.15, 0.2) is 0 Å². The molecule has 1 N–H and O–H groups in total. The monoisotopic (exact) mass is 308 g/mol. The molecule has 0 radical (unpaired) electrons. The fourth-order valence-electron chi connectivity index (χ4n) is 1.89. The summed E-state index contributed by atoms with van der Waals surface area (Å²) in [6.07, 6.45) is 0.806. The van der Waals surface area contributed by atoms with E-state index in [9.17, 15) is 19.3 Å². The summed E-state index contributed by atoms with van der Waals surface area (Å²) in [5, 5.41) is 13.1. The Morgan fingerprint density at radius 1 is 1.43 bits per heavy atom. The van der Waals surface area contributed by atoms with Gasteiger partial charge in [-0.15, -0.1) is 11.3 Å². The van der Waals surface area contributed by atoms with Crippen LogP contribution in [0, 0.1) is 22.9 Å². The minimum Gasteiger partial charge on any atom is -0.319 e. The van der Waals surface area contributed by atoms with E-state index in [0.717, 1.165) is 35.1 Å². The van der Waals surface area contributed by atoms with Crippen LogP contribution in [-0.2, 0) is 6.42 Å². The first-order valence-corrected chi connectivity index (χ1v) is 7.08. The Labute approximate surface area is 124 Å². The SMILES string of the molecule is CCc1cc(C(=O)Nc2cc([N+](=O)[O-])ccc2F)sc1C. The predicted molar refractivity (Wildman–Crippen MR) is 79.4 cm³/mol. The van der Waals surface area contributed by atoms with Crippen LogP contribution in [-0.4, -0.2) is 10.8 Å². The van der Waals surface area contributed by atoms with Gasteiger partial charge in [-0.3, -0.25) is 14.9 Å². The molecule has 1 aromatic heterocycles. The lowest BCUT2D eigenvalue weighted by atomic mass is 10.2. The van der Waals surface area contributed by atoms with Crippen LogP contribution in [0.15, 0.2) is 24.3 Å². The maximum Gasteiger partial charge on any atom is 0.271 e. The van der Waals surface area contributed by atoms with Gasteiger partial charge < -0.3 is 5.32 Å². The molecule has 110 valence electrons. The number of aryl methyl sites for hydroxylation is 2. The maximum absolute atomic E-state index is 13.6. The summed E-state index contributed by atoms with van der Waals surface area (Å²) in [7, 11) is 0. The minimum absolute atomic E-state index is 0.196. The molecule has 0 unspecified atom stereocenters. The number of rotatable bonds is 4. The van der Waals surface area contributed by atoms with Crippen LogP contribution in [0.1, 0.15) is 27.0 Å². The third kappa shape index (κ3) is 3.25. The van der Waals surface area contributed by atoms with Crippen LogP contribution >= 0.6 is 11.3 Å². The van der Waals surface area contributed by atoms with Gasteiger partial charge in [0.05, 0.1) is 15.5 Å². The number of nitrogens with one attached hydrogen (secondary N) is 1. The molecule has 0 aliphatic rings. The average molecular weight is 308 g/mol. The second kappa shape index (κ2) is 6.01. The first kappa shape index (κ1) is 15.1. The molecular formula is C14H13FN2O3S. The number of nitrogens with zero attached hydrogens (tertiary/aromatic N) is 1. The smallest absolute Gasteiger partial charge is 0.271 e. The van der Waals surface area contributed by atoms with Gasteiger partial charge in [0.1, 0.15) is 5.82 Å². The third-order valence-electron chi connectivity index (χ3n) is 3.03. The zero-order valence-electron chi connectivity index (χ0n) is 11.5. The maximum atomic E-state index is 13.6. The van der Waals surface area contributed by atoms with E-state index in [1.807, 2.05) is 13.8 Å². The lowest BCUT2D eigenvalue weighted by Gasteiger charge is -2.04. The Hall–Kier alpha value is -2.28. The van der Waals surface area contributed by atoms with E-state index in [1.165, 1.54) is 11.3 Å². The van der Waals surface area contributed by atoms with Crippen molar-refractivity contribution in [3.63, 3.8) is 0 Å². The molecule has 0 bridgehead atoms. The van der Waals surface area contributed by atoms with Crippen LogP contribution in [0.4, 0.5) is 15.8 Å². The quantitative estimate of drug-likeness (QED) is 0.687. The van der Waals surface area contributed by atoms with Crippen LogP contribution < -0.4 is 5.32 Å². The highest BCUT2D eigenvalue weighted by Crippen LogP contribution is 2.25. The second-order valence-electron chi connectivity index (χ2n) is 4.42. The van der Waals surface area contributed by atoms with E-state index >= 15 is 0 Å². The molecule has 0 spiro atoms. The van der Waals surface area contributed by atoms with E-state index < -0.39 is 16.6 Å². The molecule has 0 saturated heterocycles. The lowest BCUT2D eigenvalue weighted by Crippen LogP contribution is -2.11. The zero-order valence-corrected chi connectivity index (χ0v) is 12.3. The molecule has 2 aromatic rings. The zero-order chi connectivity index (χ0) is 15.6. The van der Waals surface area contributed by atoms with Gasteiger partial charge in [-0.25, -0.2) is 4.39 Å². The number of non-ortho nitro benzene ring substituents is 1. The fourth-order valence-corrected chi connectivity index (χ4v) is 2.90. The number of benzene rings is 1. The molecule has 0 fully saturated rings. The van der Waals surface area contributed by atoms with Crippen molar-refractivity contribution in [3.05, 3.63) is 55.5 Å². The van der Waals surface area contributed by atoms with Crippen molar-refractivity contribution in [1.29, 1.82) is 0 Å². The van der Waals surface area contributed by atoms with Crippen LogP contribution in [0.2, 0.25) is 0 Å². The van der Waals surface area contributed by atoms with Gasteiger partial charge in [-0.1, -0.05) is 6.92 Å². The topological polar surface area (TPSA) is 72.2 Å². The Morgan fingerprint density at radius 2 is 2.14 bits per heavy atom. The van der Waals surface area contributed by atoms with E-state index in [4.69, 9.17) is 0 Å². The normalized spacial score (nSPS) is 10.4. The number of carbonyl (C=O) groups excluding carboxylic acids is 1. The van der Waals surface area contributed by atoms with Gasteiger partial charge in [0, 0.05) is 17.0 Å². The largest absolute Gasteiger partial charge is 0.319 e. The van der Waals surface area contributed by atoms with Gasteiger partial charge >= 0.3 is 0 Å². The number of carbonyl (C=O) groups is 1. The minimum atomic E-state index is -0.710. The number of thiophene rings is 1. The average Bonchev–Trinajstić information content (AvgIpc) is 2.82. The number of hydrogen-bond donors (Lipinski definition) is 1. The Bertz CT molecular complexity index is 712. The third-order valence-corrected chi connectivity index (χ3v) is 4.13. The first-order chi connectivity index (χ1) is 9.92. The summed E-state index contributed by atoms with van der Waals surface area (Å²) in [5.41, 5.74) is 0.589. The number of halogens is 1. The molecule has 1 heterocycles. The highest BCUT2D eigenvalue weighted by atomic mass is 32.1. The van der Waals surface area contributed by atoms with Gasteiger partial charge in [-0.2, -0.15) is 0 Å². The van der Waals surface area contributed by atoms with E-state index in [-0.39, 0.29) is 11.4 Å². The van der Waals surface area contributed by atoms with Crippen molar-refractivity contribution in [2.75, 3.05) is 5.32 Å². The van der Waals surface area contributed by atoms with Crippen molar-refractivity contribution in [2.24, 2.45) is 0 Å². The number of nitro benzene ring substituents is 1. The van der Waals surface area contributed by atoms with Crippen molar-refractivity contribution in [2.45, 2.75) is 20.3 Å². The standard InChI is InChI=1S/C14H13FN2O3S/c1-3-9-6-13(21-8(9)2)14(18)16-12-7-10(17(19)20)4-5-11(12)15/h4-7H,3H2,1-2H3,(H,16,18). The summed E-state index contributed by atoms with van der Waals surface area (Å²) in [5.74, 6) is -1.18. The van der Waals surface area contributed by atoms with Crippen LogP contribution in [0.5, 0.6) is 0 Å². The summed E-state index contributed by atoms with van der Waals surface area (Å²) in [6, 6.07) is 4.78. The van der Waals surface area contributed by atoms with Crippen molar-refractivity contribution in [1.82, 2.24) is 0 Å². The van der Waals surface area contributed by atoms with Crippen LogP contribution in [0.3, 0.4) is 0 Å². The highest BCUT2D eigenvalue weighted by molar-refractivity contribution is 7.14. The second-order valence-corrected chi connectivity index (χ2v) is 5.68.